The molecule has 0 aliphatic rings. The van der Waals surface area contributed by atoms with Gasteiger partial charge < -0.3 is 24.9 Å². The number of carboxylic acids is 1. The summed E-state index contributed by atoms with van der Waals surface area (Å²) in [4.78, 5) is 22.4. The summed E-state index contributed by atoms with van der Waals surface area (Å²) in [6.45, 7) is 0.0556. The van der Waals surface area contributed by atoms with E-state index in [-0.39, 0.29) is 12.4 Å². The standard InChI is InChI=1S/C19H17FN2O5/c20-13-2-5-14(6-3-13)26-8-7-22-16-10-15(27-11-18(23)24)4-1-12(16)9-17(22)19(21)25/h1-6,9-10H,7-8,11H2,(H2,21,25)(H,23,24). The van der Waals surface area contributed by atoms with Crippen LogP contribution in [0.15, 0.2) is 48.5 Å². The number of nitrogens with zero attached hydrogens (tertiary/aromatic N) is 1. The molecule has 8 heteroatoms. The van der Waals surface area contributed by atoms with Gasteiger partial charge in [0.1, 0.15) is 29.6 Å². The minimum absolute atomic E-state index is 0.218. The molecular formula is C19H17FN2O5. The van der Waals surface area contributed by atoms with Crippen LogP contribution >= 0.6 is 0 Å². The van der Waals surface area contributed by atoms with Crippen LogP contribution in [0.3, 0.4) is 0 Å². The summed E-state index contributed by atoms with van der Waals surface area (Å²) < 4.78 is 25.4. The summed E-state index contributed by atoms with van der Waals surface area (Å²) in [5.74, 6) is -1.18. The number of amides is 1. The van der Waals surface area contributed by atoms with Crippen LogP contribution < -0.4 is 15.2 Å². The summed E-state index contributed by atoms with van der Waals surface area (Å²) in [5.41, 5.74) is 6.42. The third-order valence-corrected chi connectivity index (χ3v) is 3.89. The number of carbonyl (C=O) groups excluding carboxylic acids is 1. The predicted molar refractivity (Wildman–Crippen MR) is 95.5 cm³/mol. The second kappa shape index (κ2) is 7.77. The predicted octanol–water partition coefficient (Wildman–Crippen LogP) is 2.42. The second-order valence-electron chi connectivity index (χ2n) is 5.75. The SMILES string of the molecule is NC(=O)c1cc2ccc(OCC(=O)O)cc2n1CCOc1ccc(F)cc1. The molecule has 0 unspecified atom stereocenters. The largest absolute Gasteiger partial charge is 0.492 e. The molecule has 0 aliphatic carbocycles. The number of ether oxygens (including phenoxy) is 2. The summed E-state index contributed by atoms with van der Waals surface area (Å²) in [5, 5.41) is 9.49. The van der Waals surface area contributed by atoms with E-state index in [0.717, 1.165) is 5.39 Å². The highest BCUT2D eigenvalue weighted by atomic mass is 19.1. The summed E-state index contributed by atoms with van der Waals surface area (Å²) in [7, 11) is 0. The maximum absolute atomic E-state index is 12.9. The first-order chi connectivity index (χ1) is 12.9. The normalized spacial score (nSPS) is 10.7. The third kappa shape index (κ3) is 4.35. The minimum Gasteiger partial charge on any atom is -0.492 e. The fourth-order valence-corrected chi connectivity index (χ4v) is 2.70. The first kappa shape index (κ1) is 18.2. The van der Waals surface area contributed by atoms with E-state index in [4.69, 9.17) is 20.3 Å². The van der Waals surface area contributed by atoms with Gasteiger partial charge in [0.2, 0.25) is 0 Å². The van der Waals surface area contributed by atoms with Crippen molar-refractivity contribution in [3.05, 3.63) is 60.0 Å². The van der Waals surface area contributed by atoms with E-state index in [2.05, 4.69) is 0 Å². The number of carbonyl (C=O) groups is 2. The molecule has 0 bridgehead atoms. The van der Waals surface area contributed by atoms with Crippen molar-refractivity contribution in [2.75, 3.05) is 13.2 Å². The average Bonchev–Trinajstić information content (AvgIpc) is 3.00. The average molecular weight is 372 g/mol. The number of halogens is 1. The van der Waals surface area contributed by atoms with Crippen LogP contribution in [-0.2, 0) is 11.3 Å². The van der Waals surface area contributed by atoms with Crippen molar-refractivity contribution in [3.63, 3.8) is 0 Å². The van der Waals surface area contributed by atoms with E-state index in [1.54, 1.807) is 28.8 Å². The molecule has 3 rings (SSSR count). The molecule has 7 nitrogen and oxygen atoms in total. The lowest BCUT2D eigenvalue weighted by molar-refractivity contribution is -0.139. The smallest absolute Gasteiger partial charge is 0.341 e. The van der Waals surface area contributed by atoms with E-state index in [0.29, 0.717) is 29.3 Å². The van der Waals surface area contributed by atoms with Gasteiger partial charge in [-0.3, -0.25) is 4.79 Å². The highest BCUT2D eigenvalue weighted by Gasteiger charge is 2.14. The van der Waals surface area contributed by atoms with E-state index >= 15 is 0 Å². The number of aliphatic carboxylic acids is 1. The Hall–Kier alpha value is -3.55. The van der Waals surface area contributed by atoms with Gasteiger partial charge in [-0.1, -0.05) is 0 Å². The second-order valence-corrected chi connectivity index (χ2v) is 5.75. The van der Waals surface area contributed by atoms with Gasteiger partial charge in [0.15, 0.2) is 6.61 Å². The van der Waals surface area contributed by atoms with Crippen LogP contribution in [0, 0.1) is 5.82 Å². The molecule has 27 heavy (non-hydrogen) atoms. The molecule has 0 saturated heterocycles. The van der Waals surface area contributed by atoms with Gasteiger partial charge in [-0.25, -0.2) is 9.18 Å². The minimum atomic E-state index is -1.09. The lowest BCUT2D eigenvalue weighted by atomic mass is 10.2. The summed E-state index contributed by atoms with van der Waals surface area (Å²) >= 11 is 0. The van der Waals surface area contributed by atoms with Crippen molar-refractivity contribution in [2.45, 2.75) is 6.54 Å². The Morgan fingerprint density at radius 2 is 1.74 bits per heavy atom. The molecule has 0 aliphatic heterocycles. The van der Waals surface area contributed by atoms with Crippen molar-refractivity contribution in [1.82, 2.24) is 4.57 Å². The molecule has 1 heterocycles. The Labute approximate surface area is 153 Å². The Morgan fingerprint density at radius 1 is 1.04 bits per heavy atom. The molecule has 0 saturated carbocycles. The maximum Gasteiger partial charge on any atom is 0.341 e. The molecule has 1 amide bonds. The van der Waals surface area contributed by atoms with Crippen molar-refractivity contribution >= 4 is 22.8 Å². The van der Waals surface area contributed by atoms with Gasteiger partial charge in [-0.2, -0.15) is 0 Å². The molecule has 3 N–H and O–H groups in total. The quantitative estimate of drug-likeness (QED) is 0.632. The van der Waals surface area contributed by atoms with Gasteiger partial charge in [0.05, 0.1) is 12.1 Å². The number of hydrogen-bond donors (Lipinski definition) is 2. The number of carboxylic acid groups (broad SMARTS) is 1. The van der Waals surface area contributed by atoms with Crippen LogP contribution in [0.4, 0.5) is 4.39 Å². The molecule has 0 fully saturated rings. The molecule has 1 aromatic heterocycles. The van der Waals surface area contributed by atoms with Crippen LogP contribution in [0.2, 0.25) is 0 Å². The molecule has 0 radical (unpaired) electrons. The van der Waals surface area contributed by atoms with Gasteiger partial charge >= 0.3 is 5.97 Å². The van der Waals surface area contributed by atoms with E-state index in [9.17, 15) is 14.0 Å². The monoisotopic (exact) mass is 372 g/mol. The lowest BCUT2D eigenvalue weighted by Gasteiger charge is -2.11. The molecule has 2 aromatic carbocycles. The third-order valence-electron chi connectivity index (χ3n) is 3.89. The highest BCUT2D eigenvalue weighted by Crippen LogP contribution is 2.25. The van der Waals surface area contributed by atoms with E-state index in [1.165, 1.54) is 24.3 Å². The number of fused-ring (bicyclic) bond motifs is 1. The van der Waals surface area contributed by atoms with Crippen LogP contribution in [0.5, 0.6) is 11.5 Å². The zero-order valence-corrected chi connectivity index (χ0v) is 14.2. The van der Waals surface area contributed by atoms with Crippen molar-refractivity contribution in [1.29, 1.82) is 0 Å². The fourth-order valence-electron chi connectivity index (χ4n) is 2.70. The first-order valence-electron chi connectivity index (χ1n) is 8.10. The molecule has 0 atom stereocenters. The van der Waals surface area contributed by atoms with Gasteiger partial charge in [-0.05, 0) is 42.5 Å². The number of primary amides is 1. The van der Waals surface area contributed by atoms with E-state index in [1.807, 2.05) is 0 Å². The van der Waals surface area contributed by atoms with Gasteiger partial charge in [0, 0.05) is 11.5 Å². The number of rotatable bonds is 8. The molecule has 3 aromatic rings. The topological polar surface area (TPSA) is 104 Å². The maximum atomic E-state index is 12.9. The van der Waals surface area contributed by atoms with Crippen LogP contribution in [-0.4, -0.2) is 34.8 Å². The van der Waals surface area contributed by atoms with Crippen LogP contribution in [0.25, 0.3) is 10.9 Å². The zero-order valence-electron chi connectivity index (χ0n) is 14.2. The van der Waals surface area contributed by atoms with E-state index < -0.39 is 18.5 Å². The highest BCUT2D eigenvalue weighted by molar-refractivity contribution is 5.98. The first-order valence-corrected chi connectivity index (χ1v) is 8.10. The molecule has 0 spiro atoms. The Kier molecular flexibility index (Phi) is 5.25. The number of aromatic nitrogens is 1. The van der Waals surface area contributed by atoms with Crippen molar-refractivity contribution in [2.24, 2.45) is 5.73 Å². The Balaban J connectivity index is 1.82. The van der Waals surface area contributed by atoms with Crippen LogP contribution in [0.1, 0.15) is 10.5 Å². The number of nitrogens with two attached hydrogens (primary N) is 1. The zero-order chi connectivity index (χ0) is 19.4. The number of benzene rings is 2. The van der Waals surface area contributed by atoms with Gasteiger partial charge in [0.25, 0.3) is 5.91 Å². The van der Waals surface area contributed by atoms with Crippen molar-refractivity contribution < 1.29 is 28.6 Å². The molecule has 140 valence electrons. The van der Waals surface area contributed by atoms with Gasteiger partial charge in [-0.15, -0.1) is 0 Å². The lowest BCUT2D eigenvalue weighted by Crippen LogP contribution is -2.19. The Bertz CT molecular complexity index is 982. The van der Waals surface area contributed by atoms with Crippen molar-refractivity contribution in [3.8, 4) is 11.5 Å². The Morgan fingerprint density at radius 3 is 2.41 bits per heavy atom. The summed E-state index contributed by atoms with van der Waals surface area (Å²) in [6.07, 6.45) is 0. The molecular weight excluding hydrogens is 355 g/mol. The summed E-state index contributed by atoms with van der Waals surface area (Å²) in [6, 6.07) is 12.2. The fraction of sp³-hybridized carbons (Fsp3) is 0.158. The number of hydrogen-bond acceptors (Lipinski definition) is 4.